The summed E-state index contributed by atoms with van der Waals surface area (Å²) in [7, 11) is 1.76. The van der Waals surface area contributed by atoms with Crippen molar-refractivity contribution in [2.75, 3.05) is 11.9 Å². The van der Waals surface area contributed by atoms with Gasteiger partial charge in [-0.05, 0) is 23.6 Å². The molecule has 0 fully saturated rings. The van der Waals surface area contributed by atoms with Crippen molar-refractivity contribution in [1.29, 1.82) is 0 Å². The first-order chi connectivity index (χ1) is 8.75. The number of para-hydroxylation sites is 1. The van der Waals surface area contributed by atoms with E-state index in [1.165, 1.54) is 22.7 Å². The minimum Gasteiger partial charge on any atom is -0.287 e. The van der Waals surface area contributed by atoms with Crippen LogP contribution in [0.15, 0.2) is 41.1 Å². The summed E-state index contributed by atoms with van der Waals surface area (Å²) in [6, 6.07) is 9.73. The maximum Gasteiger partial charge on any atom is 0.260 e. The van der Waals surface area contributed by atoms with E-state index in [9.17, 15) is 4.79 Å². The molecule has 5 heteroatoms. The van der Waals surface area contributed by atoms with Crippen molar-refractivity contribution in [3.63, 3.8) is 0 Å². The number of benzene rings is 1. The lowest BCUT2D eigenvalue weighted by atomic mass is 10.3. The highest BCUT2D eigenvalue weighted by Gasteiger charge is 2.17. The summed E-state index contributed by atoms with van der Waals surface area (Å²) in [4.78, 5) is 18.3. The number of nitrogens with zero attached hydrogens (tertiary/aromatic N) is 2. The number of carbonyl (C=O) groups excluding carboxylic acids is 1. The molecule has 1 amide bonds. The van der Waals surface area contributed by atoms with Crippen LogP contribution in [0.25, 0.3) is 10.2 Å². The van der Waals surface area contributed by atoms with Crippen molar-refractivity contribution >= 4 is 43.9 Å². The molecule has 0 N–H and O–H groups in total. The van der Waals surface area contributed by atoms with E-state index in [1.807, 2.05) is 41.1 Å². The van der Waals surface area contributed by atoms with Gasteiger partial charge < -0.3 is 0 Å². The molecule has 0 saturated carbocycles. The molecule has 2 aromatic heterocycles. The van der Waals surface area contributed by atoms with Crippen molar-refractivity contribution in [3.8, 4) is 0 Å². The number of aromatic nitrogens is 1. The Labute approximate surface area is 112 Å². The highest BCUT2D eigenvalue weighted by molar-refractivity contribution is 7.22. The van der Waals surface area contributed by atoms with Crippen molar-refractivity contribution in [2.45, 2.75) is 0 Å². The van der Waals surface area contributed by atoms with E-state index in [0.717, 1.165) is 15.3 Å². The van der Waals surface area contributed by atoms with Crippen molar-refractivity contribution in [2.24, 2.45) is 0 Å². The number of hydrogen-bond acceptors (Lipinski definition) is 4. The molecule has 1 aromatic carbocycles. The molecule has 3 nitrogen and oxygen atoms in total. The third kappa shape index (κ3) is 1.91. The Kier molecular flexibility index (Phi) is 2.85. The van der Waals surface area contributed by atoms with Crippen molar-refractivity contribution in [1.82, 2.24) is 4.98 Å². The molecule has 90 valence electrons. The number of thiophene rings is 1. The van der Waals surface area contributed by atoms with E-state index in [2.05, 4.69) is 4.98 Å². The van der Waals surface area contributed by atoms with Crippen LogP contribution in [-0.4, -0.2) is 17.9 Å². The first-order valence-electron chi connectivity index (χ1n) is 5.41. The van der Waals surface area contributed by atoms with E-state index in [0.29, 0.717) is 5.56 Å². The average molecular weight is 274 g/mol. The molecule has 0 spiro atoms. The molecule has 3 rings (SSSR count). The van der Waals surface area contributed by atoms with Gasteiger partial charge in [0.1, 0.15) is 0 Å². The molecule has 18 heavy (non-hydrogen) atoms. The number of anilines is 1. The van der Waals surface area contributed by atoms with E-state index in [-0.39, 0.29) is 5.91 Å². The quantitative estimate of drug-likeness (QED) is 0.715. The fourth-order valence-corrected chi connectivity index (χ4v) is 3.23. The number of hydrogen-bond donors (Lipinski definition) is 0. The smallest absolute Gasteiger partial charge is 0.260 e. The molecule has 0 unspecified atom stereocenters. The highest BCUT2D eigenvalue weighted by Crippen LogP contribution is 2.28. The zero-order valence-corrected chi connectivity index (χ0v) is 11.3. The number of rotatable bonds is 2. The largest absolute Gasteiger partial charge is 0.287 e. The molecule has 0 radical (unpaired) electrons. The maximum atomic E-state index is 12.2. The zero-order valence-electron chi connectivity index (χ0n) is 9.66. The summed E-state index contributed by atoms with van der Waals surface area (Å²) in [6.45, 7) is 0. The van der Waals surface area contributed by atoms with Crippen molar-refractivity contribution in [3.05, 3.63) is 46.7 Å². The molecule has 2 heterocycles. The SMILES string of the molecule is CN(C(=O)c1ccsc1)c1nc2ccccc2s1. The normalized spacial score (nSPS) is 10.7. The fourth-order valence-electron chi connectivity index (χ4n) is 1.67. The summed E-state index contributed by atoms with van der Waals surface area (Å²) in [5.74, 6) is -0.0182. The third-order valence-corrected chi connectivity index (χ3v) is 4.44. The summed E-state index contributed by atoms with van der Waals surface area (Å²) in [5.41, 5.74) is 1.64. The number of amides is 1. The first-order valence-corrected chi connectivity index (χ1v) is 7.17. The van der Waals surface area contributed by atoms with Crippen LogP contribution in [0.5, 0.6) is 0 Å². The van der Waals surface area contributed by atoms with E-state index in [1.54, 1.807) is 11.9 Å². The van der Waals surface area contributed by atoms with Gasteiger partial charge in [-0.3, -0.25) is 9.69 Å². The van der Waals surface area contributed by atoms with Crippen LogP contribution < -0.4 is 4.90 Å². The molecule has 0 aliphatic heterocycles. The Morgan fingerprint density at radius 1 is 1.28 bits per heavy atom. The molecule has 0 aliphatic carbocycles. The van der Waals surface area contributed by atoms with Crippen LogP contribution in [0.1, 0.15) is 10.4 Å². The minimum absolute atomic E-state index is 0.0182. The minimum atomic E-state index is -0.0182. The predicted molar refractivity (Wildman–Crippen MR) is 76.7 cm³/mol. The molecule has 0 atom stereocenters. The predicted octanol–water partition coefficient (Wildman–Crippen LogP) is 3.63. The standard InChI is InChI=1S/C13H10N2OS2/c1-15(12(16)9-6-7-17-8-9)13-14-10-4-2-3-5-11(10)18-13/h2-8H,1H3. The molecule has 0 saturated heterocycles. The summed E-state index contributed by atoms with van der Waals surface area (Å²) in [6.07, 6.45) is 0. The summed E-state index contributed by atoms with van der Waals surface area (Å²) in [5, 5.41) is 4.48. The van der Waals surface area contributed by atoms with Gasteiger partial charge in [0, 0.05) is 12.4 Å². The van der Waals surface area contributed by atoms with Gasteiger partial charge in [0.25, 0.3) is 5.91 Å². The Morgan fingerprint density at radius 3 is 2.83 bits per heavy atom. The Balaban J connectivity index is 1.96. The molecular weight excluding hydrogens is 264 g/mol. The molecule has 0 aliphatic rings. The van der Waals surface area contributed by atoms with Crippen LogP contribution in [0.3, 0.4) is 0 Å². The summed E-state index contributed by atoms with van der Waals surface area (Å²) >= 11 is 3.05. The maximum absolute atomic E-state index is 12.2. The van der Waals surface area contributed by atoms with E-state index < -0.39 is 0 Å². The summed E-state index contributed by atoms with van der Waals surface area (Å²) < 4.78 is 1.09. The lowest BCUT2D eigenvalue weighted by Crippen LogP contribution is -2.25. The third-order valence-electron chi connectivity index (χ3n) is 2.64. The van der Waals surface area contributed by atoms with Gasteiger partial charge in [0.05, 0.1) is 15.8 Å². The Hall–Kier alpha value is -1.72. The average Bonchev–Trinajstić information content (AvgIpc) is 3.05. The highest BCUT2D eigenvalue weighted by atomic mass is 32.1. The molecular formula is C13H10N2OS2. The van der Waals surface area contributed by atoms with Gasteiger partial charge in [0.15, 0.2) is 5.13 Å². The van der Waals surface area contributed by atoms with E-state index >= 15 is 0 Å². The second-order valence-corrected chi connectivity index (χ2v) is 5.63. The first kappa shape index (κ1) is 11.4. The van der Waals surface area contributed by atoms with Crippen LogP contribution in [0.4, 0.5) is 5.13 Å². The zero-order chi connectivity index (χ0) is 12.5. The van der Waals surface area contributed by atoms with Crippen molar-refractivity contribution < 1.29 is 4.79 Å². The van der Waals surface area contributed by atoms with Gasteiger partial charge in [-0.15, -0.1) is 0 Å². The lowest BCUT2D eigenvalue weighted by Gasteiger charge is -2.12. The lowest BCUT2D eigenvalue weighted by molar-refractivity contribution is 0.0993. The van der Waals surface area contributed by atoms with Crippen LogP contribution >= 0.6 is 22.7 Å². The number of carbonyl (C=O) groups is 1. The van der Waals surface area contributed by atoms with Gasteiger partial charge in [-0.1, -0.05) is 23.5 Å². The van der Waals surface area contributed by atoms with Crippen LogP contribution in [0, 0.1) is 0 Å². The van der Waals surface area contributed by atoms with Gasteiger partial charge >= 0.3 is 0 Å². The van der Waals surface area contributed by atoms with Gasteiger partial charge in [-0.2, -0.15) is 11.3 Å². The van der Waals surface area contributed by atoms with E-state index in [4.69, 9.17) is 0 Å². The number of thiazole rings is 1. The monoisotopic (exact) mass is 274 g/mol. The van der Waals surface area contributed by atoms with Gasteiger partial charge in [0.2, 0.25) is 0 Å². The molecule has 3 aromatic rings. The topological polar surface area (TPSA) is 33.2 Å². The van der Waals surface area contributed by atoms with Crippen LogP contribution in [0.2, 0.25) is 0 Å². The second-order valence-electron chi connectivity index (χ2n) is 3.84. The second kappa shape index (κ2) is 4.51. The number of fused-ring (bicyclic) bond motifs is 1. The fraction of sp³-hybridized carbons (Fsp3) is 0.0769. The van der Waals surface area contributed by atoms with Crippen LogP contribution in [-0.2, 0) is 0 Å². The molecule has 0 bridgehead atoms. The van der Waals surface area contributed by atoms with Gasteiger partial charge in [-0.25, -0.2) is 4.98 Å². The Bertz CT molecular complexity index is 655. The Morgan fingerprint density at radius 2 is 2.11 bits per heavy atom.